The molecule has 2 rings (SSSR count). The number of aryl methyl sites for hydroxylation is 1. The molecule has 1 fully saturated rings. The molecule has 0 amide bonds. The number of benzene rings is 1. The van der Waals surface area contributed by atoms with Crippen LogP contribution in [0.3, 0.4) is 0 Å². The van der Waals surface area contributed by atoms with Crippen molar-refractivity contribution in [1.29, 1.82) is 0 Å². The van der Waals surface area contributed by atoms with Gasteiger partial charge in [0.15, 0.2) is 5.54 Å². The molecule has 0 aromatic heterocycles. The number of ether oxygens (including phenoxy) is 1. The van der Waals surface area contributed by atoms with Crippen molar-refractivity contribution in [2.24, 2.45) is 0 Å². The second kappa shape index (κ2) is 4.85. The van der Waals surface area contributed by atoms with Gasteiger partial charge in [-0.25, -0.2) is 4.79 Å². The molecule has 1 atom stereocenters. The van der Waals surface area contributed by atoms with Gasteiger partial charge < -0.3 is 15.2 Å². The van der Waals surface area contributed by atoms with Crippen LogP contribution < -0.4 is 5.32 Å². The molecule has 1 unspecified atom stereocenters. The van der Waals surface area contributed by atoms with Crippen LogP contribution in [0.5, 0.6) is 0 Å². The summed E-state index contributed by atoms with van der Waals surface area (Å²) >= 11 is 0. The molecule has 0 radical (unpaired) electrons. The third kappa shape index (κ3) is 2.50. The Labute approximate surface area is 109 Å². The Balaban J connectivity index is 2.28. The number of hydrogen-bond acceptors (Lipinski definition) is 5. The molecule has 1 saturated heterocycles. The third-order valence-corrected chi connectivity index (χ3v) is 3.23. The van der Waals surface area contributed by atoms with Gasteiger partial charge in [-0.15, -0.1) is 0 Å². The van der Waals surface area contributed by atoms with E-state index in [2.05, 4.69) is 5.32 Å². The highest BCUT2D eigenvalue weighted by Crippen LogP contribution is 2.28. The van der Waals surface area contributed by atoms with Crippen molar-refractivity contribution >= 4 is 17.3 Å². The standard InChI is InChI=1S/C12H14N2O5/c1-8-6-9(14(17)18)2-3-10(8)13-12(11(15)16)4-5-19-7-12/h2-3,6,13H,4-5,7H2,1H3,(H,15,16). The number of anilines is 1. The Bertz CT molecular complexity index is 523. The van der Waals surface area contributed by atoms with Crippen molar-refractivity contribution < 1.29 is 19.6 Å². The average molecular weight is 266 g/mol. The van der Waals surface area contributed by atoms with Gasteiger partial charge >= 0.3 is 5.97 Å². The van der Waals surface area contributed by atoms with Crippen molar-refractivity contribution in [2.45, 2.75) is 18.9 Å². The number of hydrogen-bond donors (Lipinski definition) is 2. The minimum atomic E-state index is -1.15. The lowest BCUT2D eigenvalue weighted by atomic mass is 9.97. The number of carboxylic acid groups (broad SMARTS) is 1. The van der Waals surface area contributed by atoms with Gasteiger partial charge in [-0.1, -0.05) is 0 Å². The molecule has 1 aromatic rings. The number of non-ortho nitro benzene ring substituents is 1. The SMILES string of the molecule is Cc1cc([N+](=O)[O-])ccc1NC1(C(=O)O)CCOC1. The fraction of sp³-hybridized carbons (Fsp3) is 0.417. The fourth-order valence-electron chi connectivity index (χ4n) is 2.05. The zero-order chi connectivity index (χ0) is 14.0. The van der Waals surface area contributed by atoms with E-state index in [1.54, 1.807) is 6.92 Å². The Morgan fingerprint density at radius 2 is 2.32 bits per heavy atom. The van der Waals surface area contributed by atoms with Gasteiger partial charge in [-0.05, 0) is 18.6 Å². The summed E-state index contributed by atoms with van der Waals surface area (Å²) < 4.78 is 5.14. The van der Waals surface area contributed by atoms with E-state index in [9.17, 15) is 20.0 Å². The number of nitrogens with zero attached hydrogens (tertiary/aromatic N) is 1. The molecule has 0 aliphatic carbocycles. The predicted molar refractivity (Wildman–Crippen MR) is 67.3 cm³/mol. The van der Waals surface area contributed by atoms with Gasteiger partial charge in [-0.3, -0.25) is 10.1 Å². The third-order valence-electron chi connectivity index (χ3n) is 3.23. The number of nitro groups is 1. The van der Waals surface area contributed by atoms with Crippen LogP contribution >= 0.6 is 0 Å². The van der Waals surface area contributed by atoms with Crippen LogP contribution in [0.25, 0.3) is 0 Å². The first kappa shape index (κ1) is 13.3. The Kier molecular flexibility index (Phi) is 3.39. The zero-order valence-corrected chi connectivity index (χ0v) is 10.4. The molecule has 1 aliphatic heterocycles. The summed E-state index contributed by atoms with van der Waals surface area (Å²) in [6.45, 7) is 2.16. The van der Waals surface area contributed by atoms with E-state index in [-0.39, 0.29) is 12.3 Å². The molecule has 1 aromatic carbocycles. The minimum absolute atomic E-state index is 0.0184. The summed E-state index contributed by atoms with van der Waals surface area (Å²) in [5.41, 5.74) is 0.0243. The van der Waals surface area contributed by atoms with Gasteiger partial charge in [0.2, 0.25) is 0 Å². The summed E-state index contributed by atoms with van der Waals surface area (Å²) in [4.78, 5) is 21.5. The van der Waals surface area contributed by atoms with Crippen molar-refractivity contribution in [3.05, 3.63) is 33.9 Å². The van der Waals surface area contributed by atoms with E-state index in [0.717, 1.165) is 0 Å². The quantitative estimate of drug-likeness (QED) is 0.633. The molecule has 102 valence electrons. The predicted octanol–water partition coefficient (Wildman–Crippen LogP) is 1.56. The molecule has 0 spiro atoms. The van der Waals surface area contributed by atoms with Crippen LogP contribution in [-0.4, -0.2) is 34.8 Å². The number of aliphatic carboxylic acids is 1. The van der Waals surface area contributed by atoms with Gasteiger partial charge in [0, 0.05) is 30.8 Å². The largest absolute Gasteiger partial charge is 0.479 e. The van der Waals surface area contributed by atoms with E-state index in [0.29, 0.717) is 24.3 Å². The lowest BCUT2D eigenvalue weighted by Crippen LogP contribution is -2.47. The summed E-state index contributed by atoms with van der Waals surface area (Å²) in [5.74, 6) is -0.984. The van der Waals surface area contributed by atoms with E-state index in [1.807, 2.05) is 0 Å². The fourth-order valence-corrected chi connectivity index (χ4v) is 2.05. The normalized spacial score (nSPS) is 22.2. The summed E-state index contributed by atoms with van der Waals surface area (Å²) in [5, 5.41) is 22.9. The molecule has 19 heavy (non-hydrogen) atoms. The summed E-state index contributed by atoms with van der Waals surface area (Å²) in [7, 11) is 0. The lowest BCUT2D eigenvalue weighted by Gasteiger charge is -2.25. The second-order valence-electron chi connectivity index (χ2n) is 4.57. The van der Waals surface area contributed by atoms with Crippen LogP contribution in [-0.2, 0) is 9.53 Å². The topological polar surface area (TPSA) is 102 Å². The number of rotatable bonds is 4. The molecular formula is C12H14N2O5. The van der Waals surface area contributed by atoms with Crippen LogP contribution in [0.2, 0.25) is 0 Å². The first-order valence-electron chi connectivity index (χ1n) is 5.79. The Morgan fingerprint density at radius 1 is 1.58 bits per heavy atom. The first-order valence-corrected chi connectivity index (χ1v) is 5.79. The molecular weight excluding hydrogens is 252 g/mol. The Hall–Kier alpha value is -2.15. The van der Waals surface area contributed by atoms with E-state index < -0.39 is 16.4 Å². The number of nitrogens with one attached hydrogen (secondary N) is 1. The maximum absolute atomic E-state index is 11.4. The number of carbonyl (C=O) groups is 1. The second-order valence-corrected chi connectivity index (χ2v) is 4.57. The molecule has 0 saturated carbocycles. The van der Waals surface area contributed by atoms with Crippen LogP contribution in [0.1, 0.15) is 12.0 Å². The highest BCUT2D eigenvalue weighted by molar-refractivity contribution is 5.84. The Morgan fingerprint density at radius 3 is 2.79 bits per heavy atom. The lowest BCUT2D eigenvalue weighted by molar-refractivity contribution is -0.384. The van der Waals surface area contributed by atoms with Crippen molar-refractivity contribution in [3.8, 4) is 0 Å². The maximum Gasteiger partial charge on any atom is 0.331 e. The van der Waals surface area contributed by atoms with E-state index in [4.69, 9.17) is 4.74 Å². The molecule has 1 heterocycles. The summed E-state index contributed by atoms with van der Waals surface area (Å²) in [6.07, 6.45) is 0.360. The van der Waals surface area contributed by atoms with E-state index >= 15 is 0 Å². The monoisotopic (exact) mass is 266 g/mol. The average Bonchev–Trinajstić information content (AvgIpc) is 2.81. The summed E-state index contributed by atoms with van der Waals surface area (Å²) in [6, 6.07) is 4.28. The molecule has 2 N–H and O–H groups in total. The van der Waals surface area contributed by atoms with Crippen LogP contribution in [0, 0.1) is 17.0 Å². The minimum Gasteiger partial charge on any atom is -0.479 e. The molecule has 7 heteroatoms. The van der Waals surface area contributed by atoms with Crippen LogP contribution in [0.15, 0.2) is 18.2 Å². The highest BCUT2D eigenvalue weighted by Gasteiger charge is 2.42. The van der Waals surface area contributed by atoms with E-state index in [1.165, 1.54) is 18.2 Å². The highest BCUT2D eigenvalue weighted by atomic mass is 16.6. The smallest absolute Gasteiger partial charge is 0.331 e. The molecule has 7 nitrogen and oxygen atoms in total. The zero-order valence-electron chi connectivity index (χ0n) is 10.4. The first-order chi connectivity index (χ1) is 8.94. The molecule has 0 bridgehead atoms. The maximum atomic E-state index is 11.4. The van der Waals surface area contributed by atoms with Gasteiger partial charge in [0.1, 0.15) is 0 Å². The van der Waals surface area contributed by atoms with Gasteiger partial charge in [0.25, 0.3) is 5.69 Å². The number of nitro benzene ring substituents is 1. The van der Waals surface area contributed by atoms with Crippen molar-refractivity contribution in [3.63, 3.8) is 0 Å². The number of carboxylic acids is 1. The molecule has 1 aliphatic rings. The van der Waals surface area contributed by atoms with Gasteiger partial charge in [-0.2, -0.15) is 0 Å². The van der Waals surface area contributed by atoms with Crippen molar-refractivity contribution in [2.75, 3.05) is 18.5 Å². The van der Waals surface area contributed by atoms with Gasteiger partial charge in [0.05, 0.1) is 11.5 Å². The van der Waals surface area contributed by atoms with Crippen LogP contribution in [0.4, 0.5) is 11.4 Å². The van der Waals surface area contributed by atoms with Crippen molar-refractivity contribution in [1.82, 2.24) is 0 Å².